The lowest BCUT2D eigenvalue weighted by Gasteiger charge is -2.31. The van der Waals surface area contributed by atoms with E-state index in [1.54, 1.807) is 12.0 Å². The molecule has 0 aliphatic carbocycles. The summed E-state index contributed by atoms with van der Waals surface area (Å²) in [5.41, 5.74) is 1.11. The average molecular weight is 305 g/mol. The van der Waals surface area contributed by atoms with E-state index in [9.17, 15) is 9.59 Å². The Morgan fingerprint density at radius 1 is 1.27 bits per heavy atom. The summed E-state index contributed by atoms with van der Waals surface area (Å²) in [7, 11) is 1.63. The molecule has 0 spiro atoms. The van der Waals surface area contributed by atoms with Crippen LogP contribution in [0.3, 0.4) is 0 Å². The Morgan fingerprint density at radius 3 is 2.36 bits per heavy atom. The van der Waals surface area contributed by atoms with Gasteiger partial charge in [0.2, 0.25) is 5.91 Å². The van der Waals surface area contributed by atoms with Gasteiger partial charge in [-0.25, -0.2) is 0 Å². The van der Waals surface area contributed by atoms with Gasteiger partial charge in [-0.05, 0) is 36.5 Å². The van der Waals surface area contributed by atoms with E-state index in [1.165, 1.54) is 0 Å². The highest BCUT2D eigenvalue weighted by atomic mass is 16.5. The summed E-state index contributed by atoms with van der Waals surface area (Å²) in [5, 5.41) is 8.99. The van der Waals surface area contributed by atoms with E-state index in [4.69, 9.17) is 9.84 Å². The molecule has 1 aliphatic rings. The van der Waals surface area contributed by atoms with Gasteiger partial charge < -0.3 is 14.7 Å². The Labute approximate surface area is 130 Å². The molecule has 1 amide bonds. The van der Waals surface area contributed by atoms with Crippen LogP contribution in [-0.4, -0.2) is 42.1 Å². The SMILES string of the molecule is COc1ccc([C@H](C)CC(=O)N2CCC(C(=O)O)CC2)cc1. The molecule has 1 N–H and O–H groups in total. The van der Waals surface area contributed by atoms with E-state index in [-0.39, 0.29) is 17.7 Å². The van der Waals surface area contributed by atoms with Crippen LogP contribution in [0.5, 0.6) is 5.75 Å². The topological polar surface area (TPSA) is 66.8 Å². The number of hydrogen-bond donors (Lipinski definition) is 1. The summed E-state index contributed by atoms with van der Waals surface area (Å²) >= 11 is 0. The predicted octanol–water partition coefficient (Wildman–Crippen LogP) is 2.51. The van der Waals surface area contributed by atoms with Gasteiger partial charge in [0.15, 0.2) is 0 Å². The third-order valence-electron chi connectivity index (χ3n) is 4.36. The molecule has 22 heavy (non-hydrogen) atoms. The number of carboxylic acids is 1. The lowest BCUT2D eigenvalue weighted by molar-refractivity contribution is -0.145. The van der Waals surface area contributed by atoms with Crippen molar-refractivity contribution in [3.05, 3.63) is 29.8 Å². The van der Waals surface area contributed by atoms with E-state index in [0.29, 0.717) is 32.4 Å². The molecule has 1 aliphatic heterocycles. The van der Waals surface area contributed by atoms with Crippen LogP contribution in [0.25, 0.3) is 0 Å². The van der Waals surface area contributed by atoms with Gasteiger partial charge >= 0.3 is 5.97 Å². The fourth-order valence-corrected chi connectivity index (χ4v) is 2.82. The first-order valence-corrected chi connectivity index (χ1v) is 7.65. The van der Waals surface area contributed by atoms with Crippen molar-refractivity contribution >= 4 is 11.9 Å². The number of carboxylic acid groups (broad SMARTS) is 1. The molecule has 1 saturated heterocycles. The van der Waals surface area contributed by atoms with Gasteiger partial charge in [0.25, 0.3) is 0 Å². The van der Waals surface area contributed by atoms with E-state index in [2.05, 4.69) is 0 Å². The zero-order valence-electron chi connectivity index (χ0n) is 13.1. The summed E-state index contributed by atoms with van der Waals surface area (Å²) in [6.45, 7) is 3.12. The molecule has 5 nitrogen and oxygen atoms in total. The van der Waals surface area contributed by atoms with Crippen LogP contribution in [0, 0.1) is 5.92 Å². The largest absolute Gasteiger partial charge is 0.497 e. The maximum Gasteiger partial charge on any atom is 0.306 e. The number of rotatable bonds is 5. The molecule has 120 valence electrons. The van der Waals surface area contributed by atoms with Crippen molar-refractivity contribution in [2.75, 3.05) is 20.2 Å². The second-order valence-corrected chi connectivity index (χ2v) is 5.87. The Balaban J connectivity index is 1.87. The maximum absolute atomic E-state index is 12.3. The second-order valence-electron chi connectivity index (χ2n) is 5.87. The van der Waals surface area contributed by atoms with Gasteiger partial charge in [-0.15, -0.1) is 0 Å². The Hall–Kier alpha value is -2.04. The van der Waals surface area contributed by atoms with Crippen molar-refractivity contribution < 1.29 is 19.4 Å². The minimum absolute atomic E-state index is 0.104. The van der Waals surface area contributed by atoms with Crippen molar-refractivity contribution in [1.29, 1.82) is 0 Å². The third-order valence-corrected chi connectivity index (χ3v) is 4.36. The zero-order chi connectivity index (χ0) is 16.1. The lowest BCUT2D eigenvalue weighted by Crippen LogP contribution is -2.40. The number of likely N-dealkylation sites (tertiary alicyclic amines) is 1. The van der Waals surface area contributed by atoms with E-state index >= 15 is 0 Å². The van der Waals surface area contributed by atoms with E-state index in [1.807, 2.05) is 31.2 Å². The van der Waals surface area contributed by atoms with E-state index in [0.717, 1.165) is 11.3 Å². The second kappa shape index (κ2) is 7.29. The van der Waals surface area contributed by atoms with Crippen molar-refractivity contribution in [2.45, 2.75) is 32.1 Å². The molecule has 1 heterocycles. The molecule has 0 unspecified atom stereocenters. The molecule has 0 saturated carbocycles. The van der Waals surface area contributed by atoms with Crippen LogP contribution in [0.1, 0.15) is 37.7 Å². The number of aliphatic carboxylic acids is 1. The normalized spacial score (nSPS) is 17.1. The van der Waals surface area contributed by atoms with Crippen molar-refractivity contribution in [1.82, 2.24) is 4.90 Å². The predicted molar refractivity (Wildman–Crippen MR) is 83.0 cm³/mol. The molecule has 1 fully saturated rings. The molecule has 2 rings (SSSR count). The highest BCUT2D eigenvalue weighted by molar-refractivity contribution is 5.78. The van der Waals surface area contributed by atoms with E-state index < -0.39 is 5.97 Å². The summed E-state index contributed by atoms with van der Waals surface area (Å²) in [5.74, 6) is -0.0115. The van der Waals surface area contributed by atoms with Crippen LogP contribution < -0.4 is 4.74 Å². The van der Waals surface area contributed by atoms with Gasteiger partial charge in [-0.3, -0.25) is 9.59 Å². The fraction of sp³-hybridized carbons (Fsp3) is 0.529. The standard InChI is InChI=1S/C17H23NO4/c1-12(13-3-5-15(22-2)6-4-13)11-16(19)18-9-7-14(8-10-18)17(20)21/h3-6,12,14H,7-11H2,1-2H3,(H,20,21)/t12-/m1/s1. The van der Waals surface area contributed by atoms with Gasteiger partial charge in [-0.2, -0.15) is 0 Å². The molecule has 0 bridgehead atoms. The Bertz CT molecular complexity index is 518. The van der Waals surface area contributed by atoms with Crippen molar-refractivity contribution in [3.8, 4) is 5.75 Å². The molecule has 1 aromatic carbocycles. The molecule has 0 radical (unpaired) electrons. The minimum Gasteiger partial charge on any atom is -0.497 e. The fourth-order valence-electron chi connectivity index (χ4n) is 2.82. The quantitative estimate of drug-likeness (QED) is 0.907. The molecule has 1 atom stereocenters. The molecule has 1 aromatic rings. The van der Waals surface area contributed by atoms with Crippen LogP contribution >= 0.6 is 0 Å². The number of benzene rings is 1. The summed E-state index contributed by atoms with van der Waals surface area (Å²) in [4.78, 5) is 25.1. The summed E-state index contributed by atoms with van der Waals surface area (Å²) in [6, 6.07) is 7.75. The number of amides is 1. The molecular formula is C17H23NO4. The highest BCUT2D eigenvalue weighted by Gasteiger charge is 2.27. The van der Waals surface area contributed by atoms with Crippen LogP contribution in [-0.2, 0) is 9.59 Å². The van der Waals surface area contributed by atoms with Crippen LogP contribution in [0.2, 0.25) is 0 Å². The van der Waals surface area contributed by atoms with Crippen LogP contribution in [0.4, 0.5) is 0 Å². The monoisotopic (exact) mass is 305 g/mol. The first-order chi connectivity index (χ1) is 10.5. The van der Waals surface area contributed by atoms with Crippen molar-refractivity contribution in [2.24, 2.45) is 5.92 Å². The average Bonchev–Trinajstić information content (AvgIpc) is 2.54. The van der Waals surface area contributed by atoms with Gasteiger partial charge in [0.05, 0.1) is 13.0 Å². The van der Waals surface area contributed by atoms with Crippen LogP contribution in [0.15, 0.2) is 24.3 Å². The lowest BCUT2D eigenvalue weighted by atomic mass is 9.94. The maximum atomic E-state index is 12.3. The van der Waals surface area contributed by atoms with Gasteiger partial charge in [0, 0.05) is 19.5 Å². The van der Waals surface area contributed by atoms with Gasteiger partial charge in [-0.1, -0.05) is 19.1 Å². The number of ether oxygens (including phenoxy) is 1. The Kier molecular flexibility index (Phi) is 5.41. The summed E-state index contributed by atoms with van der Waals surface area (Å²) in [6.07, 6.45) is 1.56. The van der Waals surface area contributed by atoms with Crippen molar-refractivity contribution in [3.63, 3.8) is 0 Å². The number of nitrogens with zero attached hydrogens (tertiary/aromatic N) is 1. The number of piperidine rings is 1. The van der Waals surface area contributed by atoms with Gasteiger partial charge in [0.1, 0.15) is 5.75 Å². The third kappa shape index (κ3) is 4.00. The zero-order valence-corrected chi connectivity index (χ0v) is 13.1. The summed E-state index contributed by atoms with van der Waals surface area (Å²) < 4.78 is 5.13. The Morgan fingerprint density at radius 2 is 1.86 bits per heavy atom. The number of methoxy groups -OCH3 is 1. The molecule has 0 aromatic heterocycles. The first kappa shape index (κ1) is 16.3. The number of hydrogen-bond acceptors (Lipinski definition) is 3. The molecular weight excluding hydrogens is 282 g/mol. The number of carbonyl (C=O) groups excluding carboxylic acids is 1. The first-order valence-electron chi connectivity index (χ1n) is 7.65. The number of carbonyl (C=O) groups is 2. The molecule has 5 heteroatoms. The highest BCUT2D eigenvalue weighted by Crippen LogP contribution is 2.24. The smallest absolute Gasteiger partial charge is 0.306 e. The minimum atomic E-state index is -0.751.